The highest BCUT2D eigenvalue weighted by Gasteiger charge is 2.14. The van der Waals surface area contributed by atoms with E-state index in [1.807, 2.05) is 23.2 Å². The van der Waals surface area contributed by atoms with Crippen LogP contribution in [0.4, 0.5) is 0 Å². The number of aryl methyl sites for hydroxylation is 4. The molecular formula is C17H22N6S2. The lowest BCUT2D eigenvalue weighted by atomic mass is 9.95. The monoisotopic (exact) mass is 374 g/mol. The summed E-state index contributed by atoms with van der Waals surface area (Å²) in [6.45, 7) is 6.59. The zero-order valence-electron chi connectivity index (χ0n) is 15.1. The first-order valence-electron chi connectivity index (χ1n) is 7.99. The van der Waals surface area contributed by atoms with Crippen LogP contribution in [0.25, 0.3) is 0 Å². The van der Waals surface area contributed by atoms with Crippen LogP contribution in [0.15, 0.2) is 29.0 Å². The molecular weight excluding hydrogens is 352 g/mol. The molecule has 0 aliphatic carbocycles. The average molecular weight is 375 g/mol. The maximum absolute atomic E-state index is 4.16. The van der Waals surface area contributed by atoms with Crippen molar-refractivity contribution in [2.75, 3.05) is 0 Å². The van der Waals surface area contributed by atoms with E-state index in [4.69, 9.17) is 0 Å². The summed E-state index contributed by atoms with van der Waals surface area (Å²) in [6, 6.07) is 2.28. The third kappa shape index (κ3) is 3.90. The van der Waals surface area contributed by atoms with Crippen molar-refractivity contribution in [2.24, 2.45) is 14.1 Å². The standard InChI is InChI=1S/C17H22N6S2/c1-11-6-12(2)15(8-25-17-21-19-10-23(17)5)13(3)14(11)7-24-16-20-18-9-22(16)4/h6,9-10H,7-8H2,1-5H3. The van der Waals surface area contributed by atoms with E-state index in [9.17, 15) is 0 Å². The van der Waals surface area contributed by atoms with E-state index in [0.29, 0.717) is 0 Å². The van der Waals surface area contributed by atoms with Crippen LogP contribution in [0.3, 0.4) is 0 Å². The summed E-state index contributed by atoms with van der Waals surface area (Å²) in [6.07, 6.45) is 3.47. The van der Waals surface area contributed by atoms with Crippen LogP contribution in [0, 0.1) is 20.8 Å². The number of benzene rings is 1. The Balaban J connectivity index is 1.81. The fourth-order valence-electron chi connectivity index (χ4n) is 2.80. The van der Waals surface area contributed by atoms with Crippen LogP contribution in [-0.4, -0.2) is 29.5 Å². The quantitative estimate of drug-likeness (QED) is 0.616. The molecule has 0 saturated carbocycles. The van der Waals surface area contributed by atoms with Crippen LogP contribution >= 0.6 is 23.5 Å². The maximum atomic E-state index is 4.16. The number of rotatable bonds is 6. The number of nitrogens with zero attached hydrogens (tertiary/aromatic N) is 6. The van der Waals surface area contributed by atoms with Crippen molar-refractivity contribution in [3.63, 3.8) is 0 Å². The van der Waals surface area contributed by atoms with Gasteiger partial charge in [0.1, 0.15) is 12.7 Å². The first-order valence-corrected chi connectivity index (χ1v) is 9.96. The second-order valence-electron chi connectivity index (χ2n) is 6.12. The topological polar surface area (TPSA) is 61.4 Å². The molecule has 0 atom stereocenters. The number of thioether (sulfide) groups is 2. The molecule has 3 aromatic rings. The summed E-state index contributed by atoms with van der Waals surface area (Å²) in [5, 5.41) is 18.1. The normalized spacial score (nSPS) is 11.2. The van der Waals surface area contributed by atoms with Gasteiger partial charge in [-0.05, 0) is 48.6 Å². The van der Waals surface area contributed by atoms with E-state index in [-0.39, 0.29) is 0 Å². The lowest BCUT2D eigenvalue weighted by Gasteiger charge is -2.17. The minimum Gasteiger partial charge on any atom is -0.312 e. The molecule has 0 amide bonds. The van der Waals surface area contributed by atoms with Crippen molar-refractivity contribution in [1.29, 1.82) is 0 Å². The van der Waals surface area contributed by atoms with E-state index in [1.54, 1.807) is 36.2 Å². The molecule has 2 heterocycles. The van der Waals surface area contributed by atoms with E-state index in [2.05, 4.69) is 47.2 Å². The molecule has 0 radical (unpaired) electrons. The predicted molar refractivity (Wildman–Crippen MR) is 102 cm³/mol. The summed E-state index contributed by atoms with van der Waals surface area (Å²) in [7, 11) is 3.94. The lowest BCUT2D eigenvalue weighted by Crippen LogP contribution is -2.01. The molecule has 0 aliphatic heterocycles. The van der Waals surface area contributed by atoms with Gasteiger partial charge in [0, 0.05) is 25.6 Å². The van der Waals surface area contributed by atoms with Gasteiger partial charge in [-0.15, -0.1) is 20.4 Å². The Hall–Kier alpha value is -1.80. The summed E-state index contributed by atoms with van der Waals surface area (Å²) in [5.74, 6) is 1.79. The summed E-state index contributed by atoms with van der Waals surface area (Å²) >= 11 is 3.45. The van der Waals surface area contributed by atoms with Gasteiger partial charge in [-0.3, -0.25) is 0 Å². The Bertz CT molecular complexity index is 815. The average Bonchev–Trinajstić information content (AvgIpc) is 3.15. The molecule has 6 nitrogen and oxygen atoms in total. The van der Waals surface area contributed by atoms with E-state index < -0.39 is 0 Å². The Morgan fingerprint density at radius 1 is 0.800 bits per heavy atom. The minimum absolute atomic E-state index is 0.895. The molecule has 132 valence electrons. The Labute approximate surface area is 156 Å². The summed E-state index contributed by atoms with van der Waals surface area (Å²) in [5.41, 5.74) is 6.79. The van der Waals surface area contributed by atoms with Crippen molar-refractivity contribution in [2.45, 2.75) is 42.6 Å². The Morgan fingerprint density at radius 3 is 1.60 bits per heavy atom. The van der Waals surface area contributed by atoms with Gasteiger partial charge in [0.05, 0.1) is 0 Å². The highest BCUT2D eigenvalue weighted by atomic mass is 32.2. The number of hydrogen-bond acceptors (Lipinski definition) is 6. The fraction of sp³-hybridized carbons (Fsp3) is 0.412. The van der Waals surface area contributed by atoms with Gasteiger partial charge < -0.3 is 9.13 Å². The van der Waals surface area contributed by atoms with Crippen LogP contribution < -0.4 is 0 Å². The van der Waals surface area contributed by atoms with E-state index in [0.717, 1.165) is 21.8 Å². The van der Waals surface area contributed by atoms with Crippen molar-refractivity contribution < 1.29 is 0 Å². The number of aromatic nitrogens is 6. The second-order valence-corrected chi connectivity index (χ2v) is 8.00. The van der Waals surface area contributed by atoms with Crippen LogP contribution in [-0.2, 0) is 25.6 Å². The zero-order valence-corrected chi connectivity index (χ0v) is 16.8. The van der Waals surface area contributed by atoms with Crippen molar-refractivity contribution >= 4 is 23.5 Å². The maximum Gasteiger partial charge on any atom is 0.191 e. The SMILES string of the molecule is Cc1cc(C)c(CSc2nncn2C)c(C)c1CSc1nncn1C. The Kier molecular flexibility index (Phi) is 5.48. The van der Waals surface area contributed by atoms with E-state index >= 15 is 0 Å². The molecule has 0 fully saturated rings. The molecule has 1 aromatic carbocycles. The first kappa shape index (κ1) is 18.0. The molecule has 0 N–H and O–H groups in total. The highest BCUT2D eigenvalue weighted by Crippen LogP contribution is 2.31. The van der Waals surface area contributed by atoms with E-state index in [1.165, 1.54) is 27.8 Å². The fourth-order valence-corrected chi connectivity index (χ4v) is 4.94. The molecule has 0 aliphatic rings. The van der Waals surface area contributed by atoms with Gasteiger partial charge in [-0.1, -0.05) is 29.6 Å². The van der Waals surface area contributed by atoms with Gasteiger partial charge in [0.25, 0.3) is 0 Å². The largest absolute Gasteiger partial charge is 0.312 e. The summed E-state index contributed by atoms with van der Waals surface area (Å²) < 4.78 is 3.91. The number of hydrogen-bond donors (Lipinski definition) is 0. The van der Waals surface area contributed by atoms with Gasteiger partial charge in [-0.25, -0.2) is 0 Å². The van der Waals surface area contributed by atoms with Gasteiger partial charge in [0.2, 0.25) is 0 Å². The predicted octanol–water partition coefficient (Wildman–Crippen LogP) is 3.45. The Morgan fingerprint density at radius 2 is 1.24 bits per heavy atom. The molecule has 2 aromatic heterocycles. The molecule has 3 rings (SSSR count). The van der Waals surface area contributed by atoms with Crippen molar-refractivity contribution in [3.05, 3.63) is 46.5 Å². The highest BCUT2D eigenvalue weighted by molar-refractivity contribution is 7.98. The third-order valence-corrected chi connectivity index (χ3v) is 6.44. The second kappa shape index (κ2) is 7.61. The van der Waals surface area contributed by atoms with Gasteiger partial charge >= 0.3 is 0 Å². The smallest absolute Gasteiger partial charge is 0.191 e. The zero-order chi connectivity index (χ0) is 18.0. The molecule has 0 saturated heterocycles. The lowest BCUT2D eigenvalue weighted by molar-refractivity contribution is 0.788. The molecule has 0 spiro atoms. The molecule has 25 heavy (non-hydrogen) atoms. The first-order chi connectivity index (χ1) is 12.0. The van der Waals surface area contributed by atoms with Crippen molar-refractivity contribution in [3.8, 4) is 0 Å². The van der Waals surface area contributed by atoms with Gasteiger partial charge in [-0.2, -0.15) is 0 Å². The van der Waals surface area contributed by atoms with Crippen LogP contribution in [0.2, 0.25) is 0 Å². The third-order valence-electron chi connectivity index (χ3n) is 4.32. The summed E-state index contributed by atoms with van der Waals surface area (Å²) in [4.78, 5) is 0. The minimum atomic E-state index is 0.895. The van der Waals surface area contributed by atoms with Crippen molar-refractivity contribution in [1.82, 2.24) is 29.5 Å². The van der Waals surface area contributed by atoms with Crippen LogP contribution in [0.5, 0.6) is 0 Å². The molecule has 8 heteroatoms. The van der Waals surface area contributed by atoms with Crippen LogP contribution in [0.1, 0.15) is 27.8 Å². The van der Waals surface area contributed by atoms with Gasteiger partial charge in [0.15, 0.2) is 10.3 Å². The molecule has 0 bridgehead atoms. The molecule has 0 unspecified atom stereocenters.